The van der Waals surface area contributed by atoms with Crippen LogP contribution in [0, 0.1) is 17.0 Å². The topological polar surface area (TPSA) is 99.9 Å². The molecule has 0 aliphatic rings. The molecule has 20 heavy (non-hydrogen) atoms. The minimum Gasteiger partial charge on any atom is -0.381 e. The lowest BCUT2D eigenvalue weighted by molar-refractivity contribution is -0.385. The van der Waals surface area contributed by atoms with Gasteiger partial charge in [-0.05, 0) is 34.8 Å². The van der Waals surface area contributed by atoms with Crippen LogP contribution in [0.3, 0.4) is 0 Å². The highest BCUT2D eigenvalue weighted by Crippen LogP contribution is 2.32. The van der Waals surface area contributed by atoms with Crippen LogP contribution in [0.15, 0.2) is 16.6 Å². The minimum absolute atomic E-state index is 0.0342. The van der Waals surface area contributed by atoms with E-state index in [1.54, 1.807) is 13.0 Å². The Balaban J connectivity index is 2.70. The van der Waals surface area contributed by atoms with Crippen LogP contribution in [-0.2, 0) is 0 Å². The average Bonchev–Trinajstić information content (AvgIpc) is 2.70. The molecule has 1 heterocycles. The van der Waals surface area contributed by atoms with Gasteiger partial charge in [-0.25, -0.2) is 4.68 Å². The number of nitro benzene ring substituents is 1. The largest absolute Gasteiger partial charge is 0.381 e. The molecule has 0 aliphatic carbocycles. The Bertz CT molecular complexity index is 681. The Kier molecular flexibility index (Phi) is 3.76. The second kappa shape index (κ2) is 5.20. The molecule has 1 aromatic heterocycles. The second-order valence-corrected chi connectivity index (χ2v) is 5.63. The molecule has 0 amide bonds. The number of aryl methyl sites for hydroxylation is 1. The number of anilines is 1. The van der Waals surface area contributed by atoms with E-state index < -0.39 is 4.92 Å². The van der Waals surface area contributed by atoms with E-state index in [2.05, 4.69) is 26.2 Å². The smallest absolute Gasteiger partial charge is 0.274 e. The summed E-state index contributed by atoms with van der Waals surface area (Å²) < 4.78 is 2.24. The van der Waals surface area contributed by atoms with E-state index >= 15 is 0 Å². The van der Waals surface area contributed by atoms with Crippen molar-refractivity contribution in [2.45, 2.75) is 26.7 Å². The number of hydrogen-bond donors (Lipinski definition) is 1. The van der Waals surface area contributed by atoms with Gasteiger partial charge in [-0.2, -0.15) is 0 Å². The van der Waals surface area contributed by atoms with Crippen molar-refractivity contribution in [1.29, 1.82) is 0 Å². The van der Waals surface area contributed by atoms with E-state index in [1.807, 2.05) is 13.8 Å². The molecular weight excluding hydrogens is 326 g/mol. The van der Waals surface area contributed by atoms with Crippen molar-refractivity contribution in [3.8, 4) is 5.69 Å². The molecule has 8 heteroatoms. The van der Waals surface area contributed by atoms with Crippen LogP contribution in [0.2, 0.25) is 0 Å². The molecule has 0 fully saturated rings. The lowest BCUT2D eigenvalue weighted by atomic mass is 10.1. The maximum absolute atomic E-state index is 11.1. The number of nitrogen functional groups attached to an aromatic ring is 1. The predicted octanol–water partition coefficient (Wildman–Crippen LogP) is 2.95. The quantitative estimate of drug-likeness (QED) is 0.684. The van der Waals surface area contributed by atoms with Crippen molar-refractivity contribution >= 4 is 27.4 Å². The number of nitro groups is 1. The third-order valence-electron chi connectivity index (χ3n) is 2.97. The molecule has 0 bridgehead atoms. The lowest BCUT2D eigenvalue weighted by Crippen LogP contribution is -2.07. The molecule has 2 rings (SSSR count). The number of halogens is 1. The molecule has 0 atom stereocenters. The zero-order valence-electron chi connectivity index (χ0n) is 11.3. The molecule has 0 saturated carbocycles. The van der Waals surface area contributed by atoms with E-state index in [0.29, 0.717) is 21.5 Å². The van der Waals surface area contributed by atoms with Crippen molar-refractivity contribution in [1.82, 2.24) is 15.0 Å². The van der Waals surface area contributed by atoms with Gasteiger partial charge in [-0.3, -0.25) is 10.1 Å². The number of nitrogens with two attached hydrogens (primary N) is 1. The zero-order chi connectivity index (χ0) is 15.0. The molecule has 0 unspecified atom stereocenters. The SMILES string of the molecule is Cc1cc(Br)c(-n2nnc(N)c2C(C)C)cc1[N+](=O)[O-]. The summed E-state index contributed by atoms with van der Waals surface area (Å²) in [6.45, 7) is 5.61. The third kappa shape index (κ3) is 2.38. The summed E-state index contributed by atoms with van der Waals surface area (Å²) in [4.78, 5) is 10.6. The van der Waals surface area contributed by atoms with Crippen molar-refractivity contribution in [2.24, 2.45) is 0 Å². The van der Waals surface area contributed by atoms with E-state index in [4.69, 9.17) is 5.73 Å². The van der Waals surface area contributed by atoms with Crippen LogP contribution in [0.1, 0.15) is 31.0 Å². The first-order chi connectivity index (χ1) is 9.32. The van der Waals surface area contributed by atoms with Gasteiger partial charge in [0, 0.05) is 16.1 Å². The second-order valence-electron chi connectivity index (χ2n) is 4.77. The summed E-state index contributed by atoms with van der Waals surface area (Å²) >= 11 is 3.41. The molecule has 2 N–H and O–H groups in total. The maximum atomic E-state index is 11.1. The third-order valence-corrected chi connectivity index (χ3v) is 3.60. The first-order valence-electron chi connectivity index (χ1n) is 5.99. The number of nitrogens with zero attached hydrogens (tertiary/aromatic N) is 4. The molecule has 2 aromatic rings. The van der Waals surface area contributed by atoms with Gasteiger partial charge in [-0.15, -0.1) is 5.10 Å². The Morgan fingerprint density at radius 3 is 2.65 bits per heavy atom. The van der Waals surface area contributed by atoms with Crippen LogP contribution in [-0.4, -0.2) is 19.9 Å². The highest BCUT2D eigenvalue weighted by molar-refractivity contribution is 9.10. The first kappa shape index (κ1) is 14.4. The fraction of sp³-hybridized carbons (Fsp3) is 0.333. The highest BCUT2D eigenvalue weighted by atomic mass is 79.9. The van der Waals surface area contributed by atoms with Gasteiger partial charge in [0.2, 0.25) is 0 Å². The lowest BCUT2D eigenvalue weighted by Gasteiger charge is -2.11. The van der Waals surface area contributed by atoms with Crippen molar-refractivity contribution in [3.05, 3.63) is 38.0 Å². The van der Waals surface area contributed by atoms with Crippen LogP contribution in [0.4, 0.5) is 11.5 Å². The number of benzene rings is 1. The van der Waals surface area contributed by atoms with Crippen molar-refractivity contribution < 1.29 is 4.92 Å². The molecule has 0 spiro atoms. The van der Waals surface area contributed by atoms with Crippen LogP contribution in [0.25, 0.3) is 5.69 Å². The Hall–Kier alpha value is -1.96. The van der Waals surface area contributed by atoms with E-state index in [0.717, 1.165) is 5.69 Å². The molecule has 0 saturated heterocycles. The monoisotopic (exact) mass is 339 g/mol. The number of aromatic nitrogens is 3. The zero-order valence-corrected chi connectivity index (χ0v) is 12.9. The van der Waals surface area contributed by atoms with Gasteiger partial charge in [0.05, 0.1) is 16.3 Å². The van der Waals surface area contributed by atoms with Gasteiger partial charge in [0.15, 0.2) is 5.82 Å². The predicted molar refractivity (Wildman–Crippen MR) is 79.0 cm³/mol. The summed E-state index contributed by atoms with van der Waals surface area (Å²) in [6, 6.07) is 3.16. The van der Waals surface area contributed by atoms with Gasteiger partial charge < -0.3 is 5.73 Å². The minimum atomic E-state index is -0.416. The molecule has 0 radical (unpaired) electrons. The Morgan fingerprint density at radius 1 is 1.45 bits per heavy atom. The fourth-order valence-electron chi connectivity index (χ4n) is 2.03. The average molecular weight is 340 g/mol. The van der Waals surface area contributed by atoms with Gasteiger partial charge >= 0.3 is 0 Å². The van der Waals surface area contributed by atoms with Gasteiger partial charge in [0.1, 0.15) is 0 Å². The van der Waals surface area contributed by atoms with Gasteiger partial charge in [0.25, 0.3) is 5.69 Å². The molecular formula is C12H14BrN5O2. The van der Waals surface area contributed by atoms with Gasteiger partial charge in [-0.1, -0.05) is 19.1 Å². The Labute approximate surface area is 124 Å². The summed E-state index contributed by atoms with van der Waals surface area (Å²) in [5.74, 6) is 0.424. The molecule has 106 valence electrons. The number of rotatable bonds is 3. The highest BCUT2D eigenvalue weighted by Gasteiger charge is 2.21. The maximum Gasteiger partial charge on any atom is 0.274 e. The standard InChI is InChI=1S/C12H14BrN5O2/c1-6(2)11-12(14)15-16-17(11)10-5-9(18(19)20)7(3)4-8(10)13/h4-6H,14H2,1-3H3. The first-order valence-corrected chi connectivity index (χ1v) is 6.78. The van der Waals surface area contributed by atoms with E-state index in [1.165, 1.54) is 10.7 Å². The van der Waals surface area contributed by atoms with Crippen molar-refractivity contribution in [3.63, 3.8) is 0 Å². The fourth-order valence-corrected chi connectivity index (χ4v) is 2.65. The number of hydrogen-bond acceptors (Lipinski definition) is 5. The van der Waals surface area contributed by atoms with Crippen molar-refractivity contribution in [2.75, 3.05) is 5.73 Å². The summed E-state index contributed by atoms with van der Waals surface area (Å²) in [5, 5.41) is 18.9. The Morgan fingerprint density at radius 2 is 2.10 bits per heavy atom. The molecule has 0 aliphatic heterocycles. The van der Waals surface area contributed by atoms with Crippen LogP contribution >= 0.6 is 15.9 Å². The normalized spacial score (nSPS) is 11.1. The summed E-state index contributed by atoms with van der Waals surface area (Å²) in [7, 11) is 0. The van der Waals surface area contributed by atoms with E-state index in [9.17, 15) is 10.1 Å². The summed E-state index contributed by atoms with van der Waals surface area (Å²) in [6.07, 6.45) is 0. The molecule has 7 nitrogen and oxygen atoms in total. The molecule has 1 aromatic carbocycles. The van der Waals surface area contributed by atoms with Crippen LogP contribution in [0.5, 0.6) is 0 Å². The van der Waals surface area contributed by atoms with E-state index in [-0.39, 0.29) is 11.6 Å². The summed E-state index contributed by atoms with van der Waals surface area (Å²) in [5.41, 5.74) is 7.70. The van der Waals surface area contributed by atoms with Crippen LogP contribution < -0.4 is 5.73 Å².